The lowest BCUT2D eigenvalue weighted by Crippen LogP contribution is -2.08. The van der Waals surface area contributed by atoms with E-state index < -0.39 is 0 Å². The molecule has 2 aromatic rings. The van der Waals surface area contributed by atoms with Gasteiger partial charge in [0.25, 0.3) is 0 Å². The van der Waals surface area contributed by atoms with Gasteiger partial charge in [-0.25, -0.2) is 0 Å². The summed E-state index contributed by atoms with van der Waals surface area (Å²) in [6.45, 7) is 2.62. The molecule has 0 spiro atoms. The third kappa shape index (κ3) is 3.40. The van der Waals surface area contributed by atoms with Crippen LogP contribution >= 0.6 is 23.2 Å². The smallest absolute Gasteiger partial charge is 0.322 e. The van der Waals surface area contributed by atoms with Gasteiger partial charge in [-0.05, 0) is 19.1 Å². The van der Waals surface area contributed by atoms with Gasteiger partial charge in [-0.15, -0.1) is 0 Å². The van der Waals surface area contributed by atoms with Crippen molar-refractivity contribution in [1.29, 1.82) is 0 Å². The van der Waals surface area contributed by atoms with Gasteiger partial charge in [0.15, 0.2) is 0 Å². The second-order valence-corrected chi connectivity index (χ2v) is 4.54. The highest BCUT2D eigenvalue weighted by Crippen LogP contribution is 2.31. The first-order valence-electron chi connectivity index (χ1n) is 5.89. The zero-order valence-corrected chi connectivity index (χ0v) is 12.5. The molecule has 8 heteroatoms. The highest BCUT2D eigenvalue weighted by molar-refractivity contribution is 6.39. The van der Waals surface area contributed by atoms with Crippen molar-refractivity contribution in [3.05, 3.63) is 28.2 Å². The number of para-hydroxylation sites is 1. The summed E-state index contributed by atoms with van der Waals surface area (Å²) in [5.41, 5.74) is 0.534. The first kappa shape index (κ1) is 14.6. The quantitative estimate of drug-likeness (QED) is 0.882. The molecular weight excluding hydrogens is 301 g/mol. The number of methoxy groups -OCH3 is 1. The number of benzene rings is 1. The average Bonchev–Trinajstić information content (AvgIpc) is 2.43. The highest BCUT2D eigenvalue weighted by atomic mass is 35.5. The van der Waals surface area contributed by atoms with E-state index >= 15 is 0 Å². The second kappa shape index (κ2) is 6.58. The molecule has 6 nitrogen and oxygen atoms in total. The molecule has 2 N–H and O–H groups in total. The van der Waals surface area contributed by atoms with E-state index in [0.717, 1.165) is 0 Å². The maximum atomic E-state index is 6.09. The van der Waals surface area contributed by atoms with Crippen molar-refractivity contribution in [2.75, 3.05) is 24.3 Å². The molecule has 0 radical (unpaired) electrons. The fourth-order valence-corrected chi connectivity index (χ4v) is 1.96. The zero-order chi connectivity index (χ0) is 14.5. The monoisotopic (exact) mass is 313 g/mol. The lowest BCUT2D eigenvalue weighted by atomic mass is 10.3. The number of nitrogens with one attached hydrogen (secondary N) is 2. The first-order chi connectivity index (χ1) is 9.63. The Morgan fingerprint density at radius 1 is 1.10 bits per heavy atom. The predicted molar refractivity (Wildman–Crippen MR) is 80.3 cm³/mol. The number of ether oxygens (including phenoxy) is 1. The van der Waals surface area contributed by atoms with Crippen LogP contribution in [-0.4, -0.2) is 28.6 Å². The topological polar surface area (TPSA) is 72.0 Å². The Morgan fingerprint density at radius 2 is 1.75 bits per heavy atom. The van der Waals surface area contributed by atoms with Crippen LogP contribution in [0, 0.1) is 0 Å². The maximum Gasteiger partial charge on any atom is 0.322 e. The van der Waals surface area contributed by atoms with Gasteiger partial charge in [-0.1, -0.05) is 29.3 Å². The number of rotatable bonds is 5. The van der Waals surface area contributed by atoms with Crippen LogP contribution in [-0.2, 0) is 0 Å². The van der Waals surface area contributed by atoms with Crippen molar-refractivity contribution in [3.8, 4) is 6.01 Å². The SMILES string of the molecule is CCNc1nc(Nc2c(Cl)cccc2Cl)nc(OC)n1. The zero-order valence-electron chi connectivity index (χ0n) is 10.9. The molecule has 20 heavy (non-hydrogen) atoms. The van der Waals surface area contributed by atoms with E-state index in [0.29, 0.717) is 34.2 Å². The fourth-order valence-electron chi connectivity index (χ4n) is 1.47. The largest absolute Gasteiger partial charge is 0.467 e. The first-order valence-corrected chi connectivity index (χ1v) is 6.64. The van der Waals surface area contributed by atoms with Gasteiger partial charge in [0.05, 0.1) is 22.8 Å². The third-order valence-electron chi connectivity index (χ3n) is 2.33. The second-order valence-electron chi connectivity index (χ2n) is 3.72. The molecule has 0 saturated carbocycles. The van der Waals surface area contributed by atoms with E-state index in [1.54, 1.807) is 18.2 Å². The van der Waals surface area contributed by atoms with Crippen molar-refractivity contribution in [1.82, 2.24) is 15.0 Å². The third-order valence-corrected chi connectivity index (χ3v) is 2.96. The van der Waals surface area contributed by atoms with Crippen LogP contribution in [0.2, 0.25) is 10.0 Å². The summed E-state index contributed by atoms with van der Waals surface area (Å²) < 4.78 is 5.03. The Bertz CT molecular complexity index is 588. The van der Waals surface area contributed by atoms with E-state index in [1.807, 2.05) is 6.92 Å². The van der Waals surface area contributed by atoms with Crippen LogP contribution < -0.4 is 15.4 Å². The van der Waals surface area contributed by atoms with Crippen molar-refractivity contribution in [3.63, 3.8) is 0 Å². The van der Waals surface area contributed by atoms with Crippen molar-refractivity contribution in [2.24, 2.45) is 0 Å². The Kier molecular flexibility index (Phi) is 4.81. The molecule has 0 unspecified atom stereocenters. The molecule has 0 saturated heterocycles. The van der Waals surface area contributed by atoms with Gasteiger partial charge in [-0.2, -0.15) is 15.0 Å². The number of aromatic nitrogens is 3. The van der Waals surface area contributed by atoms with Crippen molar-refractivity contribution in [2.45, 2.75) is 6.92 Å². The Balaban J connectivity index is 2.35. The van der Waals surface area contributed by atoms with Gasteiger partial charge in [0, 0.05) is 6.54 Å². The summed E-state index contributed by atoms with van der Waals surface area (Å²) in [7, 11) is 1.48. The number of hydrogen-bond donors (Lipinski definition) is 2. The molecule has 1 aromatic carbocycles. The number of anilines is 3. The Hall–Kier alpha value is -1.79. The summed E-state index contributed by atoms with van der Waals surface area (Å²) in [6, 6.07) is 5.40. The minimum absolute atomic E-state index is 0.196. The van der Waals surface area contributed by atoms with Gasteiger partial charge in [-0.3, -0.25) is 0 Å². The number of nitrogens with zero attached hydrogens (tertiary/aromatic N) is 3. The summed E-state index contributed by atoms with van der Waals surface area (Å²) in [5, 5.41) is 6.91. The van der Waals surface area contributed by atoms with Gasteiger partial charge in [0.1, 0.15) is 0 Å². The Morgan fingerprint density at radius 3 is 2.35 bits per heavy atom. The van der Waals surface area contributed by atoms with E-state index in [-0.39, 0.29) is 6.01 Å². The van der Waals surface area contributed by atoms with Crippen LogP contribution in [0.15, 0.2) is 18.2 Å². The fraction of sp³-hybridized carbons (Fsp3) is 0.250. The summed E-state index contributed by atoms with van der Waals surface area (Å²) in [6.07, 6.45) is 0. The lowest BCUT2D eigenvalue weighted by molar-refractivity contribution is 0.379. The van der Waals surface area contributed by atoms with Gasteiger partial charge in [0.2, 0.25) is 11.9 Å². The van der Waals surface area contributed by atoms with Crippen LogP contribution in [0.1, 0.15) is 6.92 Å². The summed E-state index contributed by atoms with van der Waals surface area (Å²) >= 11 is 12.2. The maximum absolute atomic E-state index is 6.09. The highest BCUT2D eigenvalue weighted by Gasteiger charge is 2.10. The summed E-state index contributed by atoms with van der Waals surface area (Å²) in [5.74, 6) is 0.702. The number of halogens is 2. The minimum atomic E-state index is 0.196. The van der Waals surface area contributed by atoms with Crippen LogP contribution in [0.5, 0.6) is 6.01 Å². The molecular formula is C12H13Cl2N5O. The van der Waals surface area contributed by atoms with E-state index in [1.165, 1.54) is 7.11 Å². The van der Waals surface area contributed by atoms with Crippen LogP contribution in [0.25, 0.3) is 0 Å². The van der Waals surface area contributed by atoms with Gasteiger partial charge >= 0.3 is 6.01 Å². The summed E-state index contributed by atoms with van der Waals surface area (Å²) in [4.78, 5) is 12.4. The lowest BCUT2D eigenvalue weighted by Gasteiger charge is -2.10. The van der Waals surface area contributed by atoms with Crippen LogP contribution in [0.4, 0.5) is 17.6 Å². The molecule has 0 aliphatic heterocycles. The van der Waals surface area contributed by atoms with E-state index in [2.05, 4.69) is 25.6 Å². The molecule has 0 aliphatic rings. The molecule has 0 atom stereocenters. The molecule has 0 bridgehead atoms. The number of hydrogen-bond acceptors (Lipinski definition) is 6. The predicted octanol–water partition coefficient (Wildman–Crippen LogP) is 3.36. The van der Waals surface area contributed by atoms with Crippen LogP contribution in [0.3, 0.4) is 0 Å². The van der Waals surface area contributed by atoms with Crippen molar-refractivity contribution >= 4 is 40.8 Å². The molecule has 0 amide bonds. The Labute approximate surface area is 126 Å². The normalized spacial score (nSPS) is 10.2. The molecule has 1 heterocycles. The molecule has 106 valence electrons. The van der Waals surface area contributed by atoms with E-state index in [4.69, 9.17) is 27.9 Å². The van der Waals surface area contributed by atoms with E-state index in [9.17, 15) is 0 Å². The average molecular weight is 314 g/mol. The van der Waals surface area contributed by atoms with Crippen molar-refractivity contribution < 1.29 is 4.74 Å². The molecule has 2 rings (SSSR count). The standard InChI is InChI=1S/C12H13Cl2N5O/c1-3-15-10-17-11(19-12(18-10)20-2)16-9-7(13)5-4-6-8(9)14/h4-6H,3H2,1-2H3,(H2,15,16,17,18,19). The van der Waals surface area contributed by atoms with Gasteiger partial charge < -0.3 is 15.4 Å². The minimum Gasteiger partial charge on any atom is -0.467 e. The molecule has 1 aromatic heterocycles. The molecule has 0 fully saturated rings. The molecule has 0 aliphatic carbocycles.